The van der Waals surface area contributed by atoms with E-state index in [-0.39, 0.29) is 30.8 Å². The maximum absolute atomic E-state index is 13.1. The monoisotopic (exact) mass is 491 g/mol. The van der Waals surface area contributed by atoms with Crippen LogP contribution in [0.1, 0.15) is 66.4 Å². The highest BCUT2D eigenvalue weighted by atomic mass is 16.5. The Labute approximate surface area is 208 Å². The molecule has 196 valence electrons. The van der Waals surface area contributed by atoms with Crippen LogP contribution >= 0.6 is 0 Å². The molecule has 0 heterocycles. The molecule has 3 amide bonds. The zero-order valence-electron chi connectivity index (χ0n) is 21.7. The summed E-state index contributed by atoms with van der Waals surface area (Å²) in [6, 6.07) is 6.28. The molecule has 35 heavy (non-hydrogen) atoms. The van der Waals surface area contributed by atoms with E-state index in [0.29, 0.717) is 12.8 Å². The topological polar surface area (TPSA) is 134 Å². The third-order valence-electron chi connectivity index (χ3n) is 5.19. The fraction of sp³-hybridized carbons (Fsp3) is 0.615. The van der Waals surface area contributed by atoms with Crippen molar-refractivity contribution in [2.75, 3.05) is 0 Å². The first-order valence-corrected chi connectivity index (χ1v) is 12.2. The standard InChI is InChI=1S/C26H41N3O6/c1-16(2)12-20(23(30)28-22(25(32)33)14-18(5)6)27-24(31)21(13-17(3)4)29-26(34)35-15-19-10-8-7-9-11-19/h7-11,16-18,20-22H,12-15H2,1-6H3,(H,27,31)(H,28,30)(H,29,34)(H,32,33). The normalized spacial score (nSPS) is 13.7. The zero-order chi connectivity index (χ0) is 26.5. The molecule has 3 atom stereocenters. The highest BCUT2D eigenvalue weighted by Gasteiger charge is 2.30. The van der Waals surface area contributed by atoms with Gasteiger partial charge in [-0.1, -0.05) is 71.9 Å². The summed E-state index contributed by atoms with van der Waals surface area (Å²) in [5.41, 5.74) is 0.815. The minimum Gasteiger partial charge on any atom is -0.480 e. The van der Waals surface area contributed by atoms with Crippen molar-refractivity contribution in [2.45, 2.75) is 85.5 Å². The number of benzene rings is 1. The van der Waals surface area contributed by atoms with Crippen molar-refractivity contribution in [3.8, 4) is 0 Å². The van der Waals surface area contributed by atoms with Gasteiger partial charge in [-0.25, -0.2) is 9.59 Å². The average Bonchev–Trinajstić information content (AvgIpc) is 2.76. The molecule has 9 heteroatoms. The lowest BCUT2D eigenvalue weighted by molar-refractivity contribution is -0.142. The number of hydrogen-bond acceptors (Lipinski definition) is 5. The molecule has 0 aliphatic rings. The van der Waals surface area contributed by atoms with Gasteiger partial charge in [0.15, 0.2) is 0 Å². The highest BCUT2D eigenvalue weighted by molar-refractivity contribution is 5.92. The van der Waals surface area contributed by atoms with Crippen molar-refractivity contribution >= 4 is 23.9 Å². The van der Waals surface area contributed by atoms with Crippen LogP contribution in [0.25, 0.3) is 0 Å². The molecule has 0 spiro atoms. The van der Waals surface area contributed by atoms with Gasteiger partial charge in [0.25, 0.3) is 0 Å². The Morgan fingerprint density at radius 2 is 1.14 bits per heavy atom. The number of amides is 3. The summed E-state index contributed by atoms with van der Waals surface area (Å²) in [5.74, 6) is -1.99. The number of carboxylic acids is 1. The Balaban J connectivity index is 2.88. The molecule has 0 bridgehead atoms. The first-order valence-electron chi connectivity index (χ1n) is 12.2. The molecule has 0 saturated heterocycles. The number of nitrogens with one attached hydrogen (secondary N) is 3. The van der Waals surface area contributed by atoms with Crippen molar-refractivity contribution in [1.82, 2.24) is 16.0 Å². The van der Waals surface area contributed by atoms with Gasteiger partial charge in [-0.2, -0.15) is 0 Å². The van der Waals surface area contributed by atoms with E-state index in [2.05, 4.69) is 16.0 Å². The van der Waals surface area contributed by atoms with Crippen molar-refractivity contribution in [3.63, 3.8) is 0 Å². The molecule has 9 nitrogen and oxygen atoms in total. The smallest absolute Gasteiger partial charge is 0.408 e. The number of aliphatic carboxylic acids is 1. The summed E-state index contributed by atoms with van der Waals surface area (Å²) in [6.45, 7) is 11.4. The van der Waals surface area contributed by atoms with Crippen molar-refractivity contribution in [3.05, 3.63) is 35.9 Å². The fourth-order valence-corrected chi connectivity index (χ4v) is 3.55. The van der Waals surface area contributed by atoms with Crippen LogP contribution in [-0.4, -0.2) is 47.1 Å². The summed E-state index contributed by atoms with van der Waals surface area (Å²) in [7, 11) is 0. The lowest BCUT2D eigenvalue weighted by atomic mass is 9.99. The number of carbonyl (C=O) groups excluding carboxylic acids is 3. The molecule has 0 radical (unpaired) electrons. The van der Waals surface area contributed by atoms with Crippen LogP contribution in [0.15, 0.2) is 30.3 Å². The second-order valence-corrected chi connectivity index (χ2v) is 10.1. The summed E-state index contributed by atoms with van der Waals surface area (Å²) in [6.07, 6.45) is 0.197. The minimum atomic E-state index is -1.12. The molecule has 0 saturated carbocycles. The SMILES string of the molecule is CC(C)CC(NC(=O)C(CC(C)C)NC(=O)C(CC(C)C)NC(=O)OCc1ccccc1)C(=O)O. The molecule has 1 aromatic carbocycles. The maximum atomic E-state index is 13.1. The van der Waals surface area contributed by atoms with Crippen molar-refractivity contribution in [2.24, 2.45) is 17.8 Å². The second kappa shape index (κ2) is 15.0. The largest absolute Gasteiger partial charge is 0.480 e. The summed E-state index contributed by atoms with van der Waals surface area (Å²) >= 11 is 0. The maximum Gasteiger partial charge on any atom is 0.408 e. The quantitative estimate of drug-likeness (QED) is 0.315. The van der Waals surface area contributed by atoms with Crippen LogP contribution in [0.5, 0.6) is 0 Å². The zero-order valence-corrected chi connectivity index (χ0v) is 21.7. The summed E-state index contributed by atoms with van der Waals surface area (Å²) in [4.78, 5) is 50.0. The van der Waals surface area contributed by atoms with Gasteiger partial charge in [0.2, 0.25) is 11.8 Å². The second-order valence-electron chi connectivity index (χ2n) is 10.1. The van der Waals surface area contributed by atoms with Crippen LogP contribution in [0.2, 0.25) is 0 Å². The van der Waals surface area contributed by atoms with Gasteiger partial charge in [0, 0.05) is 0 Å². The van der Waals surface area contributed by atoms with Gasteiger partial charge in [-0.15, -0.1) is 0 Å². The van der Waals surface area contributed by atoms with Gasteiger partial charge in [0.05, 0.1) is 0 Å². The van der Waals surface area contributed by atoms with E-state index < -0.39 is 42.0 Å². The number of hydrogen-bond donors (Lipinski definition) is 4. The van der Waals surface area contributed by atoms with Crippen LogP contribution < -0.4 is 16.0 Å². The van der Waals surface area contributed by atoms with Crippen molar-refractivity contribution in [1.29, 1.82) is 0 Å². The molecular weight excluding hydrogens is 450 g/mol. The van der Waals surface area contributed by atoms with E-state index in [1.807, 2.05) is 71.9 Å². The minimum absolute atomic E-state index is 0.0618. The molecule has 3 unspecified atom stereocenters. The van der Waals surface area contributed by atoms with Gasteiger partial charge in [-0.3, -0.25) is 9.59 Å². The Morgan fingerprint density at radius 1 is 0.714 bits per heavy atom. The number of ether oxygens (including phenoxy) is 1. The van der Waals surface area contributed by atoms with Crippen LogP contribution in [-0.2, 0) is 25.7 Å². The van der Waals surface area contributed by atoms with E-state index in [0.717, 1.165) is 5.56 Å². The predicted octanol–water partition coefficient (Wildman–Crippen LogP) is 3.47. The highest BCUT2D eigenvalue weighted by Crippen LogP contribution is 2.11. The molecule has 0 aliphatic heterocycles. The van der Waals surface area contributed by atoms with E-state index in [4.69, 9.17) is 4.74 Å². The van der Waals surface area contributed by atoms with Crippen LogP contribution in [0, 0.1) is 17.8 Å². The third-order valence-corrected chi connectivity index (χ3v) is 5.19. The van der Waals surface area contributed by atoms with Gasteiger partial charge >= 0.3 is 12.1 Å². The molecule has 0 aromatic heterocycles. The van der Waals surface area contributed by atoms with E-state index >= 15 is 0 Å². The molecule has 1 aromatic rings. The first kappa shape index (κ1) is 29.9. The van der Waals surface area contributed by atoms with Crippen LogP contribution in [0.3, 0.4) is 0 Å². The first-order chi connectivity index (χ1) is 16.4. The van der Waals surface area contributed by atoms with Gasteiger partial charge in [-0.05, 0) is 42.6 Å². The molecule has 1 rings (SSSR count). The van der Waals surface area contributed by atoms with E-state index in [1.54, 1.807) is 0 Å². The van der Waals surface area contributed by atoms with E-state index in [1.165, 1.54) is 0 Å². The Morgan fingerprint density at radius 3 is 1.60 bits per heavy atom. The van der Waals surface area contributed by atoms with Gasteiger partial charge in [0.1, 0.15) is 24.7 Å². The molecule has 0 aliphatic carbocycles. The van der Waals surface area contributed by atoms with Gasteiger partial charge < -0.3 is 25.8 Å². The summed E-state index contributed by atoms with van der Waals surface area (Å²) in [5, 5.41) is 17.3. The molecule has 0 fully saturated rings. The Bertz CT molecular complexity index is 826. The Hall–Kier alpha value is -3.10. The lowest BCUT2D eigenvalue weighted by Gasteiger charge is -2.26. The van der Waals surface area contributed by atoms with Crippen molar-refractivity contribution < 1.29 is 29.0 Å². The molecule has 4 N–H and O–H groups in total. The lowest BCUT2D eigenvalue weighted by Crippen LogP contribution is -2.56. The fourth-order valence-electron chi connectivity index (χ4n) is 3.55. The summed E-state index contributed by atoms with van der Waals surface area (Å²) < 4.78 is 5.25. The number of carboxylic acid groups (broad SMARTS) is 1. The predicted molar refractivity (Wildman–Crippen MR) is 133 cm³/mol. The third kappa shape index (κ3) is 12.2. The van der Waals surface area contributed by atoms with Crippen LogP contribution in [0.4, 0.5) is 4.79 Å². The number of rotatable bonds is 14. The van der Waals surface area contributed by atoms with E-state index in [9.17, 15) is 24.3 Å². The average molecular weight is 492 g/mol. The Kier molecular flexibility index (Phi) is 12.8. The number of carbonyl (C=O) groups is 4. The molecular formula is C26H41N3O6. The number of alkyl carbamates (subject to hydrolysis) is 1.